The molecule has 0 aliphatic heterocycles. The average molecular weight is 439 g/mol. The standard InChI is InChI=1S/C26H34F4O/c1-2-3-17-4-5-22-15-21(11-10-20(22)14-17)18-6-8-19(9-7-18)23-12-13-25(24(27)16-23)31-26(28,29)30/h2-3,12-13,16-22H,4-11,14-15H2,1H3/b3-2+. The highest BCUT2D eigenvalue weighted by atomic mass is 19.4. The van der Waals surface area contributed by atoms with E-state index < -0.39 is 17.9 Å². The number of ether oxygens (including phenoxy) is 1. The van der Waals surface area contributed by atoms with Gasteiger partial charge in [-0.05, 0) is 124 Å². The van der Waals surface area contributed by atoms with Gasteiger partial charge in [-0.25, -0.2) is 4.39 Å². The maximum atomic E-state index is 14.1. The van der Waals surface area contributed by atoms with E-state index in [2.05, 4.69) is 23.8 Å². The summed E-state index contributed by atoms with van der Waals surface area (Å²) in [6.45, 7) is 2.12. The van der Waals surface area contributed by atoms with Crippen LogP contribution in [0.15, 0.2) is 30.4 Å². The molecule has 0 N–H and O–H groups in total. The highest BCUT2D eigenvalue weighted by Gasteiger charge is 2.38. The fourth-order valence-corrected chi connectivity index (χ4v) is 6.74. The summed E-state index contributed by atoms with van der Waals surface area (Å²) in [5.41, 5.74) is 0.802. The molecule has 5 heteroatoms. The van der Waals surface area contributed by atoms with Crippen LogP contribution < -0.4 is 4.74 Å². The SMILES string of the molecule is C/C=C/C1CCC2CC(C3CCC(c4ccc(OC(F)(F)F)c(F)c4)CC3)CCC2C1. The number of hydrogen-bond acceptors (Lipinski definition) is 1. The molecule has 3 aliphatic carbocycles. The van der Waals surface area contributed by atoms with Crippen molar-refractivity contribution in [3.8, 4) is 5.75 Å². The molecular weight excluding hydrogens is 404 g/mol. The van der Waals surface area contributed by atoms with Crippen molar-refractivity contribution in [2.75, 3.05) is 0 Å². The third-order valence-electron chi connectivity index (χ3n) is 8.25. The van der Waals surface area contributed by atoms with Crippen LogP contribution in [0.2, 0.25) is 0 Å². The molecule has 3 aliphatic rings. The molecule has 4 rings (SSSR count). The highest BCUT2D eigenvalue weighted by Crippen LogP contribution is 2.50. The van der Waals surface area contributed by atoms with E-state index in [1.807, 2.05) is 0 Å². The zero-order valence-corrected chi connectivity index (χ0v) is 18.3. The van der Waals surface area contributed by atoms with Crippen LogP contribution in [0, 0.1) is 35.4 Å². The van der Waals surface area contributed by atoms with E-state index in [4.69, 9.17) is 0 Å². The summed E-state index contributed by atoms with van der Waals surface area (Å²) in [5, 5.41) is 0. The number of rotatable bonds is 4. The first kappa shape index (κ1) is 22.7. The van der Waals surface area contributed by atoms with Crippen LogP contribution >= 0.6 is 0 Å². The van der Waals surface area contributed by atoms with Crippen LogP contribution in [-0.2, 0) is 0 Å². The van der Waals surface area contributed by atoms with Gasteiger partial charge in [-0.3, -0.25) is 0 Å². The fourth-order valence-electron chi connectivity index (χ4n) is 6.74. The van der Waals surface area contributed by atoms with Crippen molar-refractivity contribution in [1.29, 1.82) is 0 Å². The first-order chi connectivity index (χ1) is 14.8. The molecule has 0 radical (unpaired) electrons. The van der Waals surface area contributed by atoms with Crippen molar-refractivity contribution in [3.05, 3.63) is 41.7 Å². The maximum absolute atomic E-state index is 14.1. The number of benzene rings is 1. The molecule has 0 aromatic heterocycles. The third kappa shape index (κ3) is 5.64. The molecule has 172 valence electrons. The lowest BCUT2D eigenvalue weighted by molar-refractivity contribution is -0.275. The lowest BCUT2D eigenvalue weighted by Gasteiger charge is -2.45. The molecule has 31 heavy (non-hydrogen) atoms. The Morgan fingerprint density at radius 3 is 2.10 bits per heavy atom. The highest BCUT2D eigenvalue weighted by molar-refractivity contribution is 5.31. The van der Waals surface area contributed by atoms with Crippen molar-refractivity contribution in [2.24, 2.45) is 29.6 Å². The van der Waals surface area contributed by atoms with Crippen LogP contribution in [0.4, 0.5) is 17.6 Å². The van der Waals surface area contributed by atoms with E-state index in [0.29, 0.717) is 0 Å². The van der Waals surface area contributed by atoms with E-state index >= 15 is 0 Å². The largest absolute Gasteiger partial charge is 0.573 e. The summed E-state index contributed by atoms with van der Waals surface area (Å²) in [5.74, 6) is 2.72. The molecule has 3 saturated carbocycles. The van der Waals surface area contributed by atoms with Crippen molar-refractivity contribution >= 4 is 0 Å². The normalized spacial score (nSPS) is 34.5. The third-order valence-corrected chi connectivity index (χ3v) is 8.25. The van der Waals surface area contributed by atoms with Crippen molar-refractivity contribution < 1.29 is 22.3 Å². The molecule has 4 atom stereocenters. The zero-order chi connectivity index (χ0) is 22.0. The topological polar surface area (TPSA) is 9.23 Å². The molecule has 0 saturated heterocycles. The Kier molecular flexibility index (Phi) is 6.98. The van der Waals surface area contributed by atoms with Crippen LogP contribution in [-0.4, -0.2) is 6.36 Å². The van der Waals surface area contributed by atoms with Gasteiger partial charge in [0.15, 0.2) is 11.6 Å². The van der Waals surface area contributed by atoms with Gasteiger partial charge in [-0.2, -0.15) is 0 Å². The van der Waals surface area contributed by atoms with Crippen LogP contribution in [0.3, 0.4) is 0 Å². The summed E-state index contributed by atoms with van der Waals surface area (Å²) >= 11 is 0. The summed E-state index contributed by atoms with van der Waals surface area (Å²) < 4.78 is 54.9. The Labute approximate surface area is 183 Å². The van der Waals surface area contributed by atoms with Gasteiger partial charge in [0.05, 0.1) is 0 Å². The predicted octanol–water partition coefficient (Wildman–Crippen LogP) is 8.41. The minimum Gasteiger partial charge on any atom is -0.403 e. The summed E-state index contributed by atoms with van der Waals surface area (Å²) in [6.07, 6.45) is 12.2. The van der Waals surface area contributed by atoms with Crippen molar-refractivity contribution in [1.82, 2.24) is 0 Å². The van der Waals surface area contributed by atoms with Gasteiger partial charge >= 0.3 is 6.36 Å². The number of fused-ring (bicyclic) bond motifs is 1. The molecular formula is C26H34F4O. The molecule has 0 amide bonds. The average Bonchev–Trinajstić information content (AvgIpc) is 2.74. The molecule has 0 spiro atoms. The van der Waals surface area contributed by atoms with Crippen LogP contribution in [0.25, 0.3) is 0 Å². The molecule has 3 fully saturated rings. The molecule has 4 unspecified atom stereocenters. The predicted molar refractivity (Wildman–Crippen MR) is 114 cm³/mol. The van der Waals surface area contributed by atoms with Gasteiger partial charge < -0.3 is 4.74 Å². The van der Waals surface area contributed by atoms with Gasteiger partial charge in [0, 0.05) is 0 Å². The van der Waals surface area contributed by atoms with E-state index in [0.717, 1.165) is 66.9 Å². The van der Waals surface area contributed by atoms with Crippen molar-refractivity contribution in [3.63, 3.8) is 0 Å². The Bertz CT molecular complexity index is 763. The van der Waals surface area contributed by atoms with Gasteiger partial charge in [-0.1, -0.05) is 18.2 Å². The lowest BCUT2D eigenvalue weighted by Crippen LogP contribution is -2.34. The summed E-state index contributed by atoms with van der Waals surface area (Å²) in [6, 6.07) is 3.96. The Morgan fingerprint density at radius 2 is 1.45 bits per heavy atom. The number of hydrogen-bond donors (Lipinski definition) is 0. The van der Waals surface area contributed by atoms with E-state index in [9.17, 15) is 17.6 Å². The Morgan fingerprint density at radius 1 is 0.839 bits per heavy atom. The monoisotopic (exact) mass is 438 g/mol. The Hall–Kier alpha value is -1.52. The Balaban J connectivity index is 1.29. The van der Waals surface area contributed by atoms with E-state index in [1.54, 1.807) is 6.07 Å². The smallest absolute Gasteiger partial charge is 0.403 e. The summed E-state index contributed by atoms with van der Waals surface area (Å²) in [4.78, 5) is 0. The molecule has 1 nitrogen and oxygen atoms in total. The second-order valence-electron chi connectivity index (χ2n) is 10.0. The second kappa shape index (κ2) is 9.54. The van der Waals surface area contributed by atoms with Crippen molar-refractivity contribution in [2.45, 2.75) is 83.4 Å². The molecule has 1 aromatic carbocycles. The minimum absolute atomic E-state index is 0.235. The zero-order valence-electron chi connectivity index (χ0n) is 18.3. The van der Waals surface area contributed by atoms with Crippen LogP contribution in [0.1, 0.15) is 82.6 Å². The number of allylic oxidation sites excluding steroid dienone is 2. The minimum atomic E-state index is -4.87. The first-order valence-electron chi connectivity index (χ1n) is 12.0. The molecule has 0 bridgehead atoms. The maximum Gasteiger partial charge on any atom is 0.573 e. The number of alkyl halides is 3. The molecule has 0 heterocycles. The van der Waals surface area contributed by atoms with E-state index in [1.165, 1.54) is 44.6 Å². The quantitative estimate of drug-likeness (QED) is 0.339. The molecule has 1 aromatic rings. The lowest BCUT2D eigenvalue weighted by atomic mass is 9.61. The summed E-state index contributed by atoms with van der Waals surface area (Å²) in [7, 11) is 0. The van der Waals surface area contributed by atoms with Gasteiger partial charge in [0.2, 0.25) is 0 Å². The number of halogens is 4. The van der Waals surface area contributed by atoms with Gasteiger partial charge in [0.1, 0.15) is 0 Å². The van der Waals surface area contributed by atoms with Gasteiger partial charge in [-0.15, -0.1) is 13.2 Å². The van der Waals surface area contributed by atoms with Crippen LogP contribution in [0.5, 0.6) is 5.75 Å². The second-order valence-corrected chi connectivity index (χ2v) is 10.0. The first-order valence-corrected chi connectivity index (χ1v) is 12.0. The fraction of sp³-hybridized carbons (Fsp3) is 0.692. The van der Waals surface area contributed by atoms with Gasteiger partial charge in [0.25, 0.3) is 0 Å². The van der Waals surface area contributed by atoms with E-state index in [-0.39, 0.29) is 5.92 Å².